The van der Waals surface area contributed by atoms with Crippen molar-refractivity contribution in [2.45, 2.75) is 10.1 Å². The minimum absolute atomic E-state index is 0.798. The molecule has 2 aromatic carbocycles. The second-order valence-corrected chi connectivity index (χ2v) is 6.33. The number of aromatic nitrogens is 2. The van der Waals surface area contributed by atoms with Gasteiger partial charge in [-0.3, -0.25) is 0 Å². The molecule has 4 rings (SSSR count). The van der Waals surface area contributed by atoms with Crippen molar-refractivity contribution in [3.8, 4) is 0 Å². The summed E-state index contributed by atoms with van der Waals surface area (Å²) in [6.45, 7) is 0. The number of fused-ring (bicyclic) bond motifs is 2. The van der Waals surface area contributed by atoms with Gasteiger partial charge in [-0.25, -0.2) is 9.97 Å². The molecular weight excluding hydrogens is 284 g/mol. The summed E-state index contributed by atoms with van der Waals surface area (Å²) in [5.74, 6) is 0. The van der Waals surface area contributed by atoms with E-state index in [0.717, 1.165) is 16.1 Å². The third-order valence-electron chi connectivity index (χ3n) is 3.11. The zero-order valence-corrected chi connectivity index (χ0v) is 12.1. The standard InChI is InChI=1S/C16H10N2S2/c1-3-7-13-11(5-1)9-17-16(18-13)20-15-10-19-14-8-4-2-6-12(14)15/h1-10H. The third kappa shape index (κ3) is 2.07. The lowest BCUT2D eigenvalue weighted by Gasteiger charge is -2.01. The van der Waals surface area contributed by atoms with Crippen molar-refractivity contribution in [3.05, 3.63) is 60.1 Å². The van der Waals surface area contributed by atoms with E-state index < -0.39 is 0 Å². The van der Waals surface area contributed by atoms with Gasteiger partial charge in [-0.15, -0.1) is 11.3 Å². The van der Waals surface area contributed by atoms with Crippen molar-refractivity contribution in [2.75, 3.05) is 0 Å². The molecule has 0 bridgehead atoms. The van der Waals surface area contributed by atoms with Crippen molar-refractivity contribution in [2.24, 2.45) is 0 Å². The largest absolute Gasteiger partial charge is 0.230 e. The molecule has 2 nitrogen and oxygen atoms in total. The molecule has 0 amide bonds. The molecule has 0 radical (unpaired) electrons. The molecule has 0 saturated carbocycles. The van der Waals surface area contributed by atoms with E-state index in [1.54, 1.807) is 23.1 Å². The second-order valence-electron chi connectivity index (χ2n) is 4.41. The summed E-state index contributed by atoms with van der Waals surface area (Å²) in [5.41, 5.74) is 0.990. The molecule has 0 spiro atoms. The van der Waals surface area contributed by atoms with Gasteiger partial charge in [-0.2, -0.15) is 0 Å². The van der Waals surface area contributed by atoms with Crippen LogP contribution in [0.4, 0.5) is 0 Å². The fourth-order valence-electron chi connectivity index (χ4n) is 2.14. The van der Waals surface area contributed by atoms with E-state index in [4.69, 9.17) is 0 Å². The number of para-hydroxylation sites is 1. The second kappa shape index (κ2) is 4.89. The van der Waals surface area contributed by atoms with E-state index in [0.29, 0.717) is 0 Å². The van der Waals surface area contributed by atoms with Crippen LogP contribution in [0.5, 0.6) is 0 Å². The quantitative estimate of drug-likeness (QED) is 0.487. The van der Waals surface area contributed by atoms with Crippen LogP contribution < -0.4 is 0 Å². The maximum absolute atomic E-state index is 4.61. The van der Waals surface area contributed by atoms with Crippen molar-refractivity contribution in [1.82, 2.24) is 9.97 Å². The number of hydrogen-bond acceptors (Lipinski definition) is 4. The van der Waals surface area contributed by atoms with Crippen LogP contribution in [-0.4, -0.2) is 9.97 Å². The van der Waals surface area contributed by atoms with Crippen molar-refractivity contribution in [1.29, 1.82) is 0 Å². The summed E-state index contributed by atoms with van der Waals surface area (Å²) in [7, 11) is 0. The molecule has 2 aromatic heterocycles. The van der Waals surface area contributed by atoms with Gasteiger partial charge in [0.2, 0.25) is 0 Å². The Labute approximate surface area is 124 Å². The molecule has 96 valence electrons. The fourth-order valence-corrected chi connectivity index (χ4v) is 4.09. The predicted octanol–water partition coefficient (Wildman–Crippen LogP) is 5.00. The van der Waals surface area contributed by atoms with Crippen LogP contribution in [0.3, 0.4) is 0 Å². The lowest BCUT2D eigenvalue weighted by atomic mass is 10.2. The Morgan fingerprint density at radius 1 is 0.950 bits per heavy atom. The van der Waals surface area contributed by atoms with Gasteiger partial charge in [0.05, 0.1) is 5.52 Å². The lowest BCUT2D eigenvalue weighted by Crippen LogP contribution is -1.86. The van der Waals surface area contributed by atoms with E-state index in [-0.39, 0.29) is 0 Å². The predicted molar refractivity (Wildman–Crippen MR) is 85.5 cm³/mol. The first-order chi connectivity index (χ1) is 9.90. The molecule has 4 heteroatoms. The topological polar surface area (TPSA) is 25.8 Å². The maximum Gasteiger partial charge on any atom is 0.193 e. The van der Waals surface area contributed by atoms with Crippen LogP contribution in [0.2, 0.25) is 0 Å². The van der Waals surface area contributed by atoms with Gasteiger partial charge in [-0.1, -0.05) is 36.4 Å². The molecule has 4 aromatic rings. The molecule has 0 atom stereocenters. The monoisotopic (exact) mass is 294 g/mol. The van der Waals surface area contributed by atoms with Crippen LogP contribution in [0, 0.1) is 0 Å². The zero-order chi connectivity index (χ0) is 13.4. The smallest absolute Gasteiger partial charge is 0.193 e. The SMILES string of the molecule is c1ccc2nc(Sc3csc4ccccc34)ncc2c1. The molecule has 2 heterocycles. The fraction of sp³-hybridized carbons (Fsp3) is 0. The van der Waals surface area contributed by atoms with Crippen LogP contribution in [0.1, 0.15) is 0 Å². The van der Waals surface area contributed by atoms with Crippen LogP contribution >= 0.6 is 23.1 Å². The van der Waals surface area contributed by atoms with E-state index >= 15 is 0 Å². The Bertz CT molecular complexity index is 899. The molecule has 0 aliphatic rings. The third-order valence-corrected chi connectivity index (χ3v) is 5.16. The molecule has 0 unspecified atom stereocenters. The zero-order valence-electron chi connectivity index (χ0n) is 10.5. The van der Waals surface area contributed by atoms with Crippen molar-refractivity contribution in [3.63, 3.8) is 0 Å². The average Bonchev–Trinajstić information content (AvgIpc) is 2.91. The molecule has 0 fully saturated rings. The molecule has 0 aliphatic carbocycles. The Kier molecular flexibility index (Phi) is 2.90. The minimum atomic E-state index is 0.798. The van der Waals surface area contributed by atoms with Gasteiger partial charge in [0.15, 0.2) is 5.16 Å². The number of rotatable bonds is 2. The first-order valence-electron chi connectivity index (χ1n) is 6.26. The van der Waals surface area contributed by atoms with Gasteiger partial charge < -0.3 is 0 Å². The van der Waals surface area contributed by atoms with E-state index in [1.165, 1.54) is 15.0 Å². The Morgan fingerprint density at radius 2 is 1.80 bits per heavy atom. The minimum Gasteiger partial charge on any atom is -0.230 e. The number of nitrogens with zero attached hydrogens (tertiary/aromatic N) is 2. The molecule has 0 saturated heterocycles. The Morgan fingerprint density at radius 3 is 2.80 bits per heavy atom. The van der Waals surface area contributed by atoms with Crippen LogP contribution in [0.25, 0.3) is 21.0 Å². The van der Waals surface area contributed by atoms with Gasteiger partial charge in [0, 0.05) is 31.9 Å². The lowest BCUT2D eigenvalue weighted by molar-refractivity contribution is 1.00. The highest BCUT2D eigenvalue weighted by Crippen LogP contribution is 2.36. The highest BCUT2D eigenvalue weighted by Gasteiger charge is 2.07. The van der Waals surface area contributed by atoms with Gasteiger partial charge in [0.1, 0.15) is 0 Å². The van der Waals surface area contributed by atoms with E-state index in [2.05, 4.69) is 39.6 Å². The van der Waals surface area contributed by atoms with Gasteiger partial charge in [0.25, 0.3) is 0 Å². The average molecular weight is 294 g/mol. The Balaban J connectivity index is 1.76. The summed E-state index contributed by atoms with van der Waals surface area (Å²) in [6.07, 6.45) is 1.89. The first kappa shape index (κ1) is 11.9. The van der Waals surface area contributed by atoms with Crippen LogP contribution in [-0.2, 0) is 0 Å². The molecule has 0 N–H and O–H groups in total. The van der Waals surface area contributed by atoms with Crippen molar-refractivity contribution < 1.29 is 0 Å². The molecule has 0 aliphatic heterocycles. The van der Waals surface area contributed by atoms with E-state index in [1.807, 2.05) is 30.5 Å². The molecule has 20 heavy (non-hydrogen) atoms. The van der Waals surface area contributed by atoms with E-state index in [9.17, 15) is 0 Å². The highest BCUT2D eigenvalue weighted by molar-refractivity contribution is 7.99. The normalized spacial score (nSPS) is 11.2. The summed E-state index contributed by atoms with van der Waals surface area (Å²) in [6, 6.07) is 16.5. The van der Waals surface area contributed by atoms with Crippen LogP contribution in [0.15, 0.2) is 70.2 Å². The summed E-state index contributed by atoms with van der Waals surface area (Å²) in [4.78, 5) is 10.3. The summed E-state index contributed by atoms with van der Waals surface area (Å²) < 4.78 is 1.30. The maximum atomic E-state index is 4.61. The van der Waals surface area contributed by atoms with Gasteiger partial charge >= 0.3 is 0 Å². The number of thiophene rings is 1. The molecular formula is C16H10N2S2. The highest BCUT2D eigenvalue weighted by atomic mass is 32.2. The number of hydrogen-bond donors (Lipinski definition) is 0. The summed E-state index contributed by atoms with van der Waals surface area (Å²) in [5, 5.41) is 5.33. The van der Waals surface area contributed by atoms with Crippen molar-refractivity contribution >= 4 is 44.1 Å². The first-order valence-corrected chi connectivity index (χ1v) is 7.96. The van der Waals surface area contributed by atoms with Gasteiger partial charge in [-0.05, 0) is 23.9 Å². The number of benzene rings is 2. The summed E-state index contributed by atoms with van der Waals surface area (Å²) >= 11 is 3.39. The Hall–Kier alpha value is -1.91.